The molecule has 1 amide bonds. The molecule has 6 heteroatoms. The lowest BCUT2D eigenvalue weighted by atomic mass is 10.2. The predicted octanol–water partition coefficient (Wildman–Crippen LogP) is 1.33. The van der Waals surface area contributed by atoms with Crippen LogP contribution in [0, 0.1) is 18.2 Å². The minimum Gasteiger partial charge on any atom is -0.307 e. The van der Waals surface area contributed by atoms with E-state index in [1.807, 2.05) is 0 Å². The van der Waals surface area contributed by atoms with Gasteiger partial charge in [-0.2, -0.15) is 5.10 Å². The number of carbonyl (C=O) groups is 1. The van der Waals surface area contributed by atoms with E-state index in [-0.39, 0.29) is 5.69 Å². The van der Waals surface area contributed by atoms with E-state index in [0.717, 1.165) is 24.6 Å². The molecule has 1 radical (unpaired) electrons. The van der Waals surface area contributed by atoms with Crippen molar-refractivity contribution in [2.75, 3.05) is 0 Å². The molecular weight excluding hydrogens is 235 g/mol. The highest BCUT2D eigenvalue weighted by atomic mass is 19.1. The van der Waals surface area contributed by atoms with Crippen LogP contribution >= 0.6 is 0 Å². The fraction of sp³-hybridized carbons (Fsp3) is 0.250. The van der Waals surface area contributed by atoms with E-state index in [2.05, 4.69) is 20.5 Å². The van der Waals surface area contributed by atoms with E-state index in [9.17, 15) is 9.18 Å². The number of rotatable bonds is 2. The van der Waals surface area contributed by atoms with Crippen LogP contribution in [0.4, 0.5) is 4.39 Å². The summed E-state index contributed by atoms with van der Waals surface area (Å²) in [6.45, 7) is 0. The van der Waals surface area contributed by atoms with Crippen LogP contribution in [-0.4, -0.2) is 22.4 Å². The van der Waals surface area contributed by atoms with Crippen molar-refractivity contribution >= 4 is 17.5 Å². The molecule has 0 unspecified atom stereocenters. The summed E-state index contributed by atoms with van der Waals surface area (Å²) in [5.74, 6) is -0.123. The summed E-state index contributed by atoms with van der Waals surface area (Å²) in [4.78, 5) is 15.5. The van der Waals surface area contributed by atoms with Gasteiger partial charge in [0.25, 0.3) is 5.91 Å². The third kappa shape index (κ3) is 2.27. The highest BCUT2D eigenvalue weighted by molar-refractivity contribution is 6.22. The Morgan fingerprint density at radius 3 is 2.94 bits per heavy atom. The first kappa shape index (κ1) is 11.0. The van der Waals surface area contributed by atoms with Crippen LogP contribution in [0.5, 0.6) is 0 Å². The molecule has 0 saturated heterocycles. The molecule has 1 aliphatic carbocycles. The van der Waals surface area contributed by atoms with E-state index < -0.39 is 11.7 Å². The molecule has 18 heavy (non-hydrogen) atoms. The minimum atomic E-state index is -0.498. The lowest BCUT2D eigenvalue weighted by Gasteiger charge is -2.03. The molecule has 1 aromatic rings. The van der Waals surface area contributed by atoms with E-state index in [4.69, 9.17) is 0 Å². The van der Waals surface area contributed by atoms with Gasteiger partial charge in [0.2, 0.25) is 0 Å². The number of pyridine rings is 1. The Bertz CT molecular complexity index is 563. The standard InChI is InChI=1S/C12H10FN4O/c13-8-3-4-14-10(5-8)12(18)15-11-6-9(16-17-11)7-1-2-7/h3-7H,1-2H2,(H,15,17,18). The van der Waals surface area contributed by atoms with Crippen LogP contribution in [0.1, 0.15) is 23.3 Å². The zero-order valence-electron chi connectivity index (χ0n) is 9.43. The molecule has 5 nitrogen and oxygen atoms in total. The third-order valence-corrected chi connectivity index (χ3v) is 2.75. The zero-order valence-corrected chi connectivity index (χ0v) is 9.43. The molecule has 0 aromatic carbocycles. The maximum atomic E-state index is 12.9. The molecular formula is C12H10FN4O. The first-order chi connectivity index (χ1) is 8.72. The van der Waals surface area contributed by atoms with Crippen molar-refractivity contribution in [1.29, 1.82) is 0 Å². The van der Waals surface area contributed by atoms with E-state index in [0.29, 0.717) is 11.8 Å². The predicted molar refractivity (Wildman–Crippen MR) is 63.6 cm³/mol. The molecule has 1 aliphatic heterocycles. The second-order valence-electron chi connectivity index (χ2n) is 4.24. The quantitative estimate of drug-likeness (QED) is 0.854. The Morgan fingerprint density at radius 2 is 2.22 bits per heavy atom. The molecule has 1 aromatic heterocycles. The van der Waals surface area contributed by atoms with Crippen molar-refractivity contribution < 1.29 is 9.18 Å². The van der Waals surface area contributed by atoms with Gasteiger partial charge in [-0.25, -0.2) is 4.39 Å². The average Bonchev–Trinajstić information content (AvgIpc) is 3.11. The topological polar surface area (TPSA) is 66.7 Å². The summed E-state index contributed by atoms with van der Waals surface area (Å²) in [7, 11) is 0. The first-order valence-electron chi connectivity index (χ1n) is 5.65. The Kier molecular flexibility index (Phi) is 2.62. The number of nitrogens with one attached hydrogen (secondary N) is 1. The molecule has 0 atom stereocenters. The third-order valence-electron chi connectivity index (χ3n) is 2.75. The lowest BCUT2D eigenvalue weighted by molar-refractivity contribution is 0.0972. The summed E-state index contributed by atoms with van der Waals surface area (Å²) in [5.41, 5.74) is 0.920. The summed E-state index contributed by atoms with van der Waals surface area (Å²) < 4.78 is 12.9. The highest BCUT2D eigenvalue weighted by Gasteiger charge is 2.31. The summed E-state index contributed by atoms with van der Waals surface area (Å²) in [5, 5.41) is 10.4. The normalized spacial score (nSPS) is 18.3. The van der Waals surface area contributed by atoms with Crippen LogP contribution in [0.2, 0.25) is 0 Å². The van der Waals surface area contributed by atoms with E-state index in [1.165, 1.54) is 12.3 Å². The second-order valence-corrected chi connectivity index (χ2v) is 4.24. The number of amides is 1. The number of hydrogen-bond acceptors (Lipinski definition) is 4. The Balaban J connectivity index is 1.62. The van der Waals surface area contributed by atoms with Crippen LogP contribution in [0.15, 0.2) is 28.5 Å². The monoisotopic (exact) mass is 245 g/mol. The Morgan fingerprint density at radius 1 is 1.39 bits per heavy atom. The molecule has 0 spiro atoms. The summed E-state index contributed by atoms with van der Waals surface area (Å²) in [6, 6.07) is 2.26. The van der Waals surface area contributed by atoms with Crippen molar-refractivity contribution in [1.82, 2.24) is 10.3 Å². The van der Waals surface area contributed by atoms with Gasteiger partial charge in [0.15, 0.2) is 0 Å². The number of hydrogen-bond donors (Lipinski definition) is 1. The van der Waals surface area contributed by atoms with Crippen LogP contribution in [0.25, 0.3) is 0 Å². The fourth-order valence-electron chi connectivity index (χ4n) is 1.66. The second kappa shape index (κ2) is 4.29. The molecule has 91 valence electrons. The van der Waals surface area contributed by atoms with Gasteiger partial charge in [0.05, 0.1) is 12.1 Å². The van der Waals surface area contributed by atoms with Crippen molar-refractivity contribution in [2.24, 2.45) is 16.1 Å². The molecule has 0 bridgehead atoms. The maximum Gasteiger partial charge on any atom is 0.275 e. The van der Waals surface area contributed by atoms with Gasteiger partial charge < -0.3 is 5.32 Å². The van der Waals surface area contributed by atoms with Crippen LogP contribution < -0.4 is 5.32 Å². The number of amidine groups is 1. The Hall–Kier alpha value is -2.11. The maximum absolute atomic E-state index is 12.9. The molecule has 1 saturated carbocycles. The minimum absolute atomic E-state index is 0.0194. The van der Waals surface area contributed by atoms with Gasteiger partial charge in [0.1, 0.15) is 17.3 Å². The van der Waals surface area contributed by atoms with Crippen molar-refractivity contribution in [3.05, 3.63) is 36.3 Å². The van der Waals surface area contributed by atoms with Gasteiger partial charge >= 0.3 is 0 Å². The average molecular weight is 245 g/mol. The highest BCUT2D eigenvalue weighted by Crippen LogP contribution is 2.32. The molecule has 2 heterocycles. The van der Waals surface area contributed by atoms with E-state index >= 15 is 0 Å². The van der Waals surface area contributed by atoms with Crippen molar-refractivity contribution in [3.63, 3.8) is 0 Å². The zero-order chi connectivity index (χ0) is 12.5. The number of carbonyl (C=O) groups excluding carboxylic acids is 1. The summed E-state index contributed by atoms with van der Waals surface area (Å²) >= 11 is 0. The number of aromatic nitrogens is 1. The van der Waals surface area contributed by atoms with E-state index in [1.54, 1.807) is 6.42 Å². The largest absolute Gasteiger partial charge is 0.307 e. The van der Waals surface area contributed by atoms with Crippen LogP contribution in [-0.2, 0) is 0 Å². The SMILES string of the molecule is O=C(NC1=NN=C(C2CC2)[CH]1)c1cc(F)ccn1. The van der Waals surface area contributed by atoms with Crippen molar-refractivity contribution in [2.45, 2.75) is 12.8 Å². The summed E-state index contributed by atoms with van der Waals surface area (Å²) in [6.07, 6.45) is 5.24. The van der Waals surface area contributed by atoms with Gasteiger partial charge in [-0.1, -0.05) is 0 Å². The first-order valence-corrected chi connectivity index (χ1v) is 5.65. The van der Waals surface area contributed by atoms with Crippen molar-refractivity contribution in [3.8, 4) is 0 Å². The van der Waals surface area contributed by atoms with Crippen LogP contribution in [0.3, 0.4) is 0 Å². The van der Waals surface area contributed by atoms with Gasteiger partial charge in [0, 0.05) is 12.3 Å². The van der Waals surface area contributed by atoms with Gasteiger partial charge in [-0.05, 0) is 24.8 Å². The molecule has 3 rings (SSSR count). The molecule has 2 aliphatic rings. The smallest absolute Gasteiger partial charge is 0.275 e. The lowest BCUT2D eigenvalue weighted by Crippen LogP contribution is -2.31. The molecule has 1 fully saturated rings. The Labute approximate surface area is 103 Å². The number of nitrogens with zero attached hydrogens (tertiary/aromatic N) is 3. The number of halogens is 1. The fourth-order valence-corrected chi connectivity index (χ4v) is 1.66. The molecule has 1 N–H and O–H groups in total. The van der Waals surface area contributed by atoms with Gasteiger partial charge in [-0.15, -0.1) is 5.10 Å². The van der Waals surface area contributed by atoms with Gasteiger partial charge in [-0.3, -0.25) is 9.78 Å².